The van der Waals surface area contributed by atoms with Gasteiger partial charge in [-0.1, -0.05) is 0 Å². The number of ether oxygens (including phenoxy) is 1. The molecule has 1 amide bonds. The summed E-state index contributed by atoms with van der Waals surface area (Å²) in [6, 6.07) is 6.22. The second-order valence-electron chi connectivity index (χ2n) is 4.36. The van der Waals surface area contributed by atoms with E-state index in [9.17, 15) is 9.59 Å². The van der Waals surface area contributed by atoms with E-state index in [1.165, 1.54) is 13.3 Å². The van der Waals surface area contributed by atoms with Crippen LogP contribution in [-0.2, 0) is 9.53 Å². The molecule has 2 rings (SSSR count). The molecule has 6 nitrogen and oxygen atoms in total. The number of nitrogens with two attached hydrogens (primary N) is 1. The third-order valence-electron chi connectivity index (χ3n) is 2.91. The minimum Gasteiger partial charge on any atom is -0.467 e. The van der Waals surface area contributed by atoms with Crippen LogP contribution in [-0.4, -0.2) is 30.0 Å². The Morgan fingerprint density at radius 3 is 2.80 bits per heavy atom. The summed E-state index contributed by atoms with van der Waals surface area (Å²) in [5.74, 6) is -0.943. The first-order valence-corrected chi connectivity index (χ1v) is 6.06. The number of aromatic nitrogens is 1. The van der Waals surface area contributed by atoms with Gasteiger partial charge in [-0.15, -0.1) is 0 Å². The first kappa shape index (κ1) is 13.8. The molecule has 0 aliphatic carbocycles. The van der Waals surface area contributed by atoms with Gasteiger partial charge in [-0.05, 0) is 36.6 Å². The number of hydrogen-bond acceptors (Lipinski definition) is 5. The highest BCUT2D eigenvalue weighted by molar-refractivity contribution is 6.06. The van der Waals surface area contributed by atoms with Crippen molar-refractivity contribution in [1.29, 1.82) is 0 Å². The lowest BCUT2D eigenvalue weighted by atomic mass is 10.1. The Morgan fingerprint density at radius 2 is 2.10 bits per heavy atom. The van der Waals surface area contributed by atoms with Gasteiger partial charge in [-0.2, -0.15) is 0 Å². The average molecular weight is 273 g/mol. The van der Waals surface area contributed by atoms with E-state index in [1.54, 1.807) is 31.2 Å². The number of carbonyl (C=O) groups is 2. The van der Waals surface area contributed by atoms with Gasteiger partial charge in [0.25, 0.3) is 5.91 Å². The van der Waals surface area contributed by atoms with Crippen LogP contribution in [0.5, 0.6) is 0 Å². The minimum atomic E-state index is -0.738. The molecule has 1 unspecified atom stereocenters. The number of nitrogen functional groups attached to an aromatic ring is 1. The van der Waals surface area contributed by atoms with Crippen LogP contribution in [0.3, 0.4) is 0 Å². The Kier molecular flexibility index (Phi) is 3.84. The molecule has 0 aliphatic rings. The van der Waals surface area contributed by atoms with Crippen LogP contribution >= 0.6 is 0 Å². The second kappa shape index (κ2) is 5.56. The van der Waals surface area contributed by atoms with Crippen LogP contribution in [0.1, 0.15) is 17.4 Å². The number of methoxy groups -OCH3 is 1. The fraction of sp³-hybridized carbons (Fsp3) is 0.214. The van der Waals surface area contributed by atoms with Crippen molar-refractivity contribution in [2.45, 2.75) is 13.0 Å². The van der Waals surface area contributed by atoms with Gasteiger partial charge in [0.05, 0.1) is 7.11 Å². The average Bonchev–Trinajstić information content (AvgIpc) is 2.45. The molecular weight excluding hydrogens is 258 g/mol. The van der Waals surface area contributed by atoms with E-state index in [4.69, 9.17) is 5.73 Å². The van der Waals surface area contributed by atoms with Crippen LogP contribution in [0.2, 0.25) is 0 Å². The van der Waals surface area contributed by atoms with Crippen molar-refractivity contribution in [3.05, 3.63) is 36.2 Å². The second-order valence-corrected chi connectivity index (χ2v) is 4.36. The molecule has 0 spiro atoms. The largest absolute Gasteiger partial charge is 0.467 e. The molecule has 1 aromatic heterocycles. The minimum absolute atomic E-state index is 0.248. The maximum atomic E-state index is 12.2. The van der Waals surface area contributed by atoms with E-state index < -0.39 is 17.9 Å². The Morgan fingerprint density at radius 1 is 1.35 bits per heavy atom. The first-order chi connectivity index (χ1) is 9.52. The van der Waals surface area contributed by atoms with Crippen LogP contribution in [0.4, 0.5) is 5.69 Å². The lowest BCUT2D eigenvalue weighted by molar-refractivity contribution is -0.142. The summed E-state index contributed by atoms with van der Waals surface area (Å²) in [7, 11) is 1.27. The molecule has 6 heteroatoms. The van der Waals surface area contributed by atoms with Crippen molar-refractivity contribution < 1.29 is 14.3 Å². The Balaban J connectivity index is 2.33. The number of pyridine rings is 1. The number of hydrogen-bond donors (Lipinski definition) is 2. The maximum Gasteiger partial charge on any atom is 0.328 e. The third-order valence-corrected chi connectivity index (χ3v) is 2.91. The number of anilines is 1. The zero-order valence-corrected chi connectivity index (χ0v) is 11.2. The molecule has 1 aromatic carbocycles. The van der Waals surface area contributed by atoms with Gasteiger partial charge in [0.1, 0.15) is 11.7 Å². The predicted molar refractivity (Wildman–Crippen MR) is 75.1 cm³/mol. The molecule has 104 valence electrons. The molecule has 3 N–H and O–H groups in total. The first-order valence-electron chi connectivity index (χ1n) is 6.06. The Labute approximate surface area is 115 Å². The van der Waals surface area contributed by atoms with Crippen molar-refractivity contribution in [2.75, 3.05) is 12.8 Å². The number of amides is 1. The number of carbonyl (C=O) groups excluding carboxylic acids is 2. The molecule has 0 aliphatic heterocycles. The lowest BCUT2D eigenvalue weighted by Crippen LogP contribution is -2.39. The Bertz CT molecular complexity index is 670. The van der Waals surface area contributed by atoms with Crippen molar-refractivity contribution in [1.82, 2.24) is 10.3 Å². The van der Waals surface area contributed by atoms with Crippen molar-refractivity contribution in [3.63, 3.8) is 0 Å². The highest BCUT2D eigenvalue weighted by Crippen LogP contribution is 2.19. The van der Waals surface area contributed by atoms with Crippen molar-refractivity contribution in [2.24, 2.45) is 0 Å². The molecule has 0 fully saturated rings. The molecule has 0 bridgehead atoms. The number of benzene rings is 1. The summed E-state index contributed by atoms with van der Waals surface area (Å²) < 4.78 is 4.56. The highest BCUT2D eigenvalue weighted by atomic mass is 16.5. The zero-order chi connectivity index (χ0) is 14.7. The van der Waals surface area contributed by atoms with Gasteiger partial charge in [0.15, 0.2) is 0 Å². The molecular formula is C14H15N3O3. The normalized spacial score (nSPS) is 11.9. The summed E-state index contributed by atoms with van der Waals surface area (Å²) in [5.41, 5.74) is 6.56. The molecule has 1 atom stereocenters. The monoisotopic (exact) mass is 273 g/mol. The van der Waals surface area contributed by atoms with Gasteiger partial charge in [0.2, 0.25) is 0 Å². The molecule has 20 heavy (non-hydrogen) atoms. The van der Waals surface area contributed by atoms with E-state index in [-0.39, 0.29) is 5.69 Å². The van der Waals surface area contributed by atoms with Gasteiger partial charge in [-0.25, -0.2) is 4.79 Å². The summed E-state index contributed by atoms with van der Waals surface area (Å²) in [4.78, 5) is 27.5. The zero-order valence-electron chi connectivity index (χ0n) is 11.2. The van der Waals surface area contributed by atoms with Crippen molar-refractivity contribution >= 4 is 28.3 Å². The molecule has 0 radical (unpaired) electrons. The number of nitrogens with zero attached hydrogens (tertiary/aromatic N) is 1. The predicted octanol–water partition coefficient (Wildman–Crippen LogP) is 1.11. The van der Waals surface area contributed by atoms with Gasteiger partial charge in [0, 0.05) is 17.3 Å². The molecule has 0 saturated carbocycles. The quantitative estimate of drug-likeness (QED) is 0.645. The number of rotatable bonds is 3. The van der Waals surface area contributed by atoms with Gasteiger partial charge < -0.3 is 15.8 Å². The summed E-state index contributed by atoms with van der Waals surface area (Å²) in [5, 5.41) is 4.04. The SMILES string of the molecule is COC(=O)C(C)NC(=O)c1nccc2cc(N)ccc12. The Hall–Kier alpha value is -2.63. The van der Waals surface area contributed by atoms with Crippen LogP contribution in [0.25, 0.3) is 10.8 Å². The van der Waals surface area contributed by atoms with Crippen LogP contribution in [0, 0.1) is 0 Å². The molecule has 0 saturated heterocycles. The maximum absolute atomic E-state index is 12.2. The lowest BCUT2D eigenvalue weighted by Gasteiger charge is -2.12. The van der Waals surface area contributed by atoms with E-state index in [2.05, 4.69) is 15.0 Å². The number of fused-ring (bicyclic) bond motifs is 1. The highest BCUT2D eigenvalue weighted by Gasteiger charge is 2.19. The molecule has 2 aromatic rings. The molecule has 1 heterocycles. The van der Waals surface area contributed by atoms with Gasteiger partial charge >= 0.3 is 5.97 Å². The van der Waals surface area contributed by atoms with E-state index in [1.807, 2.05) is 0 Å². The van der Waals surface area contributed by atoms with E-state index in [0.29, 0.717) is 11.1 Å². The van der Waals surface area contributed by atoms with Gasteiger partial charge in [-0.3, -0.25) is 9.78 Å². The topological polar surface area (TPSA) is 94.3 Å². The number of nitrogens with one attached hydrogen (secondary N) is 1. The van der Waals surface area contributed by atoms with Crippen LogP contribution in [0.15, 0.2) is 30.5 Å². The third kappa shape index (κ3) is 2.69. The van der Waals surface area contributed by atoms with E-state index >= 15 is 0 Å². The van der Waals surface area contributed by atoms with E-state index in [0.717, 1.165) is 5.39 Å². The summed E-state index contributed by atoms with van der Waals surface area (Å²) >= 11 is 0. The standard InChI is InChI=1S/C14H15N3O3/c1-8(14(19)20-2)17-13(18)12-11-4-3-10(15)7-9(11)5-6-16-12/h3-8H,15H2,1-2H3,(H,17,18). The summed E-state index contributed by atoms with van der Waals surface area (Å²) in [6.07, 6.45) is 1.53. The smallest absolute Gasteiger partial charge is 0.328 e. The fourth-order valence-electron chi connectivity index (χ4n) is 1.88. The summed E-state index contributed by atoms with van der Waals surface area (Å²) in [6.45, 7) is 1.55. The van der Waals surface area contributed by atoms with Crippen molar-refractivity contribution in [3.8, 4) is 0 Å². The van der Waals surface area contributed by atoms with Crippen LogP contribution < -0.4 is 11.1 Å². The number of esters is 1. The fourth-order valence-corrected chi connectivity index (χ4v) is 1.88.